The number of carbonyl (C=O) groups is 1. The minimum atomic E-state index is 0.180. The van der Waals surface area contributed by atoms with Crippen LogP contribution in [0.4, 0.5) is 0 Å². The number of rotatable bonds is 8. The second-order valence-electron chi connectivity index (χ2n) is 4.18. The van der Waals surface area contributed by atoms with Gasteiger partial charge in [0.15, 0.2) is 5.78 Å². The first kappa shape index (κ1) is 15.3. The van der Waals surface area contributed by atoms with Crippen molar-refractivity contribution in [1.82, 2.24) is 4.90 Å². The van der Waals surface area contributed by atoms with Crippen molar-refractivity contribution in [3.05, 3.63) is 34.3 Å². The van der Waals surface area contributed by atoms with Gasteiger partial charge in [0.05, 0.1) is 6.61 Å². The van der Waals surface area contributed by atoms with E-state index in [2.05, 4.69) is 20.8 Å². The van der Waals surface area contributed by atoms with Gasteiger partial charge in [-0.05, 0) is 26.1 Å². The van der Waals surface area contributed by atoms with Crippen molar-refractivity contribution >= 4 is 21.7 Å². The van der Waals surface area contributed by atoms with Crippen molar-refractivity contribution in [2.24, 2.45) is 0 Å². The molecular formula is C14H20BrNO2. The molecule has 0 aliphatic rings. The average molecular weight is 314 g/mol. The maximum absolute atomic E-state index is 12.0. The number of hydrogen-bond donors (Lipinski definition) is 0. The van der Waals surface area contributed by atoms with Crippen molar-refractivity contribution in [1.29, 1.82) is 0 Å². The lowest BCUT2D eigenvalue weighted by Gasteiger charge is -2.15. The number of Topliss-reactive ketones (excluding diaryl/α,β-unsaturated/α-hetero) is 1. The average Bonchev–Trinajstić information content (AvgIpc) is 2.36. The molecule has 0 unspecified atom stereocenters. The molecule has 100 valence electrons. The number of halogens is 1. The Labute approximate surface area is 117 Å². The molecule has 0 bridgehead atoms. The standard InChI is InChI=1S/C14H20BrNO2/c1-3-18-10-9-16(2)8-7-14(17)12-5-4-6-13(15)11-12/h4-6,11H,3,7-10H2,1-2H3. The molecule has 0 fully saturated rings. The third-order valence-electron chi connectivity index (χ3n) is 2.69. The van der Waals surface area contributed by atoms with E-state index < -0.39 is 0 Å². The Hall–Kier alpha value is -0.710. The molecule has 0 aliphatic carbocycles. The van der Waals surface area contributed by atoms with Crippen molar-refractivity contribution < 1.29 is 9.53 Å². The van der Waals surface area contributed by atoms with Crippen molar-refractivity contribution in [3.8, 4) is 0 Å². The van der Waals surface area contributed by atoms with E-state index in [0.717, 1.165) is 36.3 Å². The van der Waals surface area contributed by atoms with Gasteiger partial charge < -0.3 is 9.64 Å². The van der Waals surface area contributed by atoms with E-state index in [4.69, 9.17) is 4.74 Å². The van der Waals surface area contributed by atoms with Crippen LogP contribution in [0.2, 0.25) is 0 Å². The highest BCUT2D eigenvalue weighted by molar-refractivity contribution is 9.10. The summed E-state index contributed by atoms with van der Waals surface area (Å²) in [7, 11) is 2.01. The predicted molar refractivity (Wildman–Crippen MR) is 77.1 cm³/mol. The quantitative estimate of drug-likeness (QED) is 0.546. The van der Waals surface area contributed by atoms with Gasteiger partial charge in [0.2, 0.25) is 0 Å². The Morgan fingerprint density at radius 3 is 2.83 bits per heavy atom. The van der Waals surface area contributed by atoms with Gasteiger partial charge in [0.25, 0.3) is 0 Å². The van der Waals surface area contributed by atoms with Crippen LogP contribution in [0.1, 0.15) is 23.7 Å². The number of nitrogens with zero attached hydrogens (tertiary/aromatic N) is 1. The summed E-state index contributed by atoms with van der Waals surface area (Å²) in [6.45, 7) is 5.07. The minimum Gasteiger partial charge on any atom is -0.380 e. The van der Waals surface area contributed by atoms with Crippen LogP contribution in [0, 0.1) is 0 Å². The van der Waals surface area contributed by atoms with Crippen molar-refractivity contribution in [3.63, 3.8) is 0 Å². The second kappa shape index (κ2) is 8.40. The Kier molecular flexibility index (Phi) is 7.16. The number of carbonyl (C=O) groups excluding carboxylic acids is 1. The Bertz CT molecular complexity index is 382. The number of ketones is 1. The van der Waals surface area contributed by atoms with E-state index in [9.17, 15) is 4.79 Å². The third kappa shape index (κ3) is 5.76. The number of likely N-dealkylation sites (N-methyl/N-ethyl adjacent to an activating group) is 1. The summed E-state index contributed by atoms with van der Waals surface area (Å²) in [6, 6.07) is 7.52. The van der Waals surface area contributed by atoms with Crippen LogP contribution in [-0.4, -0.2) is 44.0 Å². The first-order valence-corrected chi connectivity index (χ1v) is 6.98. The Balaban J connectivity index is 2.32. The zero-order valence-corrected chi connectivity index (χ0v) is 12.6. The van der Waals surface area contributed by atoms with Crippen LogP contribution in [0.5, 0.6) is 0 Å². The third-order valence-corrected chi connectivity index (χ3v) is 3.18. The number of hydrogen-bond acceptors (Lipinski definition) is 3. The largest absolute Gasteiger partial charge is 0.380 e. The summed E-state index contributed by atoms with van der Waals surface area (Å²) >= 11 is 3.37. The molecule has 0 spiro atoms. The van der Waals surface area contributed by atoms with Crippen molar-refractivity contribution in [2.75, 3.05) is 33.4 Å². The van der Waals surface area contributed by atoms with E-state index in [1.165, 1.54) is 0 Å². The summed E-state index contributed by atoms with van der Waals surface area (Å²) < 4.78 is 6.22. The molecule has 0 N–H and O–H groups in total. The van der Waals surface area contributed by atoms with Gasteiger partial charge in [-0.1, -0.05) is 28.1 Å². The summed E-state index contributed by atoms with van der Waals surface area (Å²) in [5.41, 5.74) is 0.766. The first-order chi connectivity index (χ1) is 8.63. The van der Waals surface area contributed by atoms with Gasteiger partial charge in [0, 0.05) is 36.2 Å². The maximum Gasteiger partial charge on any atom is 0.164 e. The molecule has 1 rings (SSSR count). The van der Waals surface area contributed by atoms with E-state index in [1.807, 2.05) is 38.2 Å². The van der Waals surface area contributed by atoms with Crippen LogP contribution in [0.3, 0.4) is 0 Å². The molecule has 18 heavy (non-hydrogen) atoms. The van der Waals surface area contributed by atoms with Crippen LogP contribution in [0.25, 0.3) is 0 Å². The van der Waals surface area contributed by atoms with Crippen LogP contribution in [0.15, 0.2) is 28.7 Å². The van der Waals surface area contributed by atoms with Gasteiger partial charge in [-0.15, -0.1) is 0 Å². The van der Waals surface area contributed by atoms with Gasteiger partial charge in [-0.3, -0.25) is 4.79 Å². The molecule has 0 amide bonds. The van der Waals surface area contributed by atoms with Crippen molar-refractivity contribution in [2.45, 2.75) is 13.3 Å². The summed E-state index contributed by atoms with van der Waals surface area (Å²) in [6.07, 6.45) is 0.541. The maximum atomic E-state index is 12.0. The van der Waals surface area contributed by atoms with Gasteiger partial charge in [0.1, 0.15) is 0 Å². The second-order valence-corrected chi connectivity index (χ2v) is 5.10. The monoisotopic (exact) mass is 313 g/mol. The summed E-state index contributed by atoms with van der Waals surface area (Å²) in [5, 5.41) is 0. The lowest BCUT2D eigenvalue weighted by atomic mass is 10.1. The van der Waals surface area contributed by atoms with E-state index in [-0.39, 0.29) is 5.78 Å². The molecule has 1 aromatic carbocycles. The lowest BCUT2D eigenvalue weighted by Crippen LogP contribution is -2.26. The molecule has 0 saturated heterocycles. The van der Waals surface area contributed by atoms with Gasteiger partial charge in [-0.25, -0.2) is 0 Å². The molecule has 0 saturated carbocycles. The highest BCUT2D eigenvalue weighted by Gasteiger charge is 2.07. The smallest absolute Gasteiger partial charge is 0.164 e. The predicted octanol–water partition coefficient (Wildman–Crippen LogP) is 2.99. The normalized spacial score (nSPS) is 10.9. The summed E-state index contributed by atoms with van der Waals surface area (Å²) in [4.78, 5) is 14.1. The number of ether oxygens (including phenoxy) is 1. The molecule has 0 aliphatic heterocycles. The first-order valence-electron chi connectivity index (χ1n) is 6.18. The van der Waals surface area contributed by atoms with E-state index >= 15 is 0 Å². The van der Waals surface area contributed by atoms with Crippen LogP contribution < -0.4 is 0 Å². The molecule has 0 aromatic heterocycles. The summed E-state index contributed by atoms with van der Waals surface area (Å²) in [5.74, 6) is 0.180. The number of benzene rings is 1. The minimum absolute atomic E-state index is 0.180. The van der Waals surface area contributed by atoms with Gasteiger partial charge >= 0.3 is 0 Å². The Morgan fingerprint density at radius 1 is 1.39 bits per heavy atom. The SMILES string of the molecule is CCOCCN(C)CCC(=O)c1cccc(Br)c1. The van der Waals surface area contributed by atoms with Gasteiger partial charge in [-0.2, -0.15) is 0 Å². The Morgan fingerprint density at radius 2 is 2.17 bits per heavy atom. The lowest BCUT2D eigenvalue weighted by molar-refractivity contribution is 0.0946. The molecule has 0 radical (unpaired) electrons. The fraction of sp³-hybridized carbons (Fsp3) is 0.500. The molecule has 1 aromatic rings. The molecule has 4 heteroatoms. The molecule has 0 heterocycles. The molecule has 3 nitrogen and oxygen atoms in total. The zero-order chi connectivity index (χ0) is 13.4. The van der Waals surface area contributed by atoms with Crippen LogP contribution in [-0.2, 0) is 4.74 Å². The molecule has 0 atom stereocenters. The highest BCUT2D eigenvalue weighted by atomic mass is 79.9. The fourth-order valence-corrected chi connectivity index (χ4v) is 1.97. The topological polar surface area (TPSA) is 29.5 Å². The van der Waals surface area contributed by atoms with Crippen LogP contribution >= 0.6 is 15.9 Å². The van der Waals surface area contributed by atoms with E-state index in [1.54, 1.807) is 0 Å². The highest BCUT2D eigenvalue weighted by Crippen LogP contribution is 2.13. The van der Waals surface area contributed by atoms with E-state index in [0.29, 0.717) is 6.42 Å². The molecular weight excluding hydrogens is 294 g/mol. The fourth-order valence-electron chi connectivity index (χ4n) is 1.58. The zero-order valence-electron chi connectivity index (χ0n) is 11.0.